The first-order chi connectivity index (χ1) is 23.1. The fourth-order valence-corrected chi connectivity index (χ4v) is 7.77. The summed E-state index contributed by atoms with van der Waals surface area (Å²) in [5, 5.41) is 19.6. The van der Waals surface area contributed by atoms with Crippen LogP contribution >= 0.6 is 0 Å². The fourth-order valence-electron chi connectivity index (χ4n) is 6.32. The molecule has 1 aliphatic carbocycles. The lowest BCUT2D eigenvalue weighted by Gasteiger charge is -2.37. The smallest absolute Gasteiger partial charge is 0.273 e. The van der Waals surface area contributed by atoms with Gasteiger partial charge < -0.3 is 10.1 Å². The van der Waals surface area contributed by atoms with Crippen molar-refractivity contribution >= 4 is 38.7 Å². The third kappa shape index (κ3) is 6.39. The van der Waals surface area contributed by atoms with Crippen molar-refractivity contribution in [3.8, 4) is 5.75 Å². The van der Waals surface area contributed by atoms with E-state index in [0.29, 0.717) is 22.9 Å². The van der Waals surface area contributed by atoms with E-state index >= 15 is 0 Å². The van der Waals surface area contributed by atoms with E-state index in [2.05, 4.69) is 58.3 Å². The number of carbonyl (C=O) groups is 1. The van der Waals surface area contributed by atoms with Crippen LogP contribution in [0.2, 0.25) is 0 Å². The van der Waals surface area contributed by atoms with Gasteiger partial charge in [-0.1, -0.05) is 54.6 Å². The molecule has 246 valence electrons. The number of nitro benzene ring substituents is 1. The lowest BCUT2D eigenvalue weighted by Crippen LogP contribution is -2.39. The summed E-state index contributed by atoms with van der Waals surface area (Å²) in [6.45, 7) is 2.67. The van der Waals surface area contributed by atoms with Gasteiger partial charge in [-0.3, -0.25) is 19.2 Å². The van der Waals surface area contributed by atoms with Crippen LogP contribution in [0, 0.1) is 23.0 Å². The molecule has 3 atom stereocenters. The maximum absolute atomic E-state index is 13.9. The summed E-state index contributed by atoms with van der Waals surface area (Å²) in [6, 6.07) is 26.4. The maximum atomic E-state index is 13.9. The van der Waals surface area contributed by atoms with Crippen molar-refractivity contribution < 1.29 is 22.9 Å². The Morgan fingerprint density at radius 3 is 2.52 bits per heavy atom. The number of nitro groups is 1. The summed E-state index contributed by atoms with van der Waals surface area (Å²) in [4.78, 5) is 23.9. The van der Waals surface area contributed by atoms with Crippen LogP contribution in [0.4, 0.5) is 17.1 Å². The van der Waals surface area contributed by atoms with Gasteiger partial charge >= 0.3 is 0 Å². The lowest BCUT2D eigenvalue weighted by molar-refractivity contribution is -0.385. The molecule has 12 heteroatoms. The number of nitrogens with one attached hydrogen (secondary N) is 2. The number of amides is 1. The Bertz CT molecular complexity index is 2030. The highest BCUT2D eigenvalue weighted by atomic mass is 32.2. The molecule has 2 aliphatic rings. The zero-order valence-corrected chi connectivity index (χ0v) is 27.5. The molecule has 48 heavy (non-hydrogen) atoms. The predicted molar refractivity (Wildman–Crippen MR) is 185 cm³/mol. The van der Waals surface area contributed by atoms with Gasteiger partial charge in [-0.05, 0) is 85.3 Å². The van der Waals surface area contributed by atoms with Crippen molar-refractivity contribution in [3.05, 3.63) is 136 Å². The average molecular weight is 666 g/mol. The van der Waals surface area contributed by atoms with Gasteiger partial charge in [-0.25, -0.2) is 13.8 Å². The molecular weight excluding hydrogens is 630 g/mol. The number of allylic oxidation sites excluding steroid dienone is 2. The van der Waals surface area contributed by atoms with Crippen LogP contribution in [0.5, 0.6) is 5.75 Å². The Kier molecular flexibility index (Phi) is 9.01. The van der Waals surface area contributed by atoms with E-state index < -0.39 is 27.4 Å². The summed E-state index contributed by atoms with van der Waals surface area (Å²) in [5.74, 6) is 0.393. The number of carbonyl (C=O) groups excluding carboxylic acids is 1. The molecule has 0 fully saturated rings. The molecule has 0 unspecified atom stereocenters. The van der Waals surface area contributed by atoms with E-state index in [0.717, 1.165) is 33.6 Å². The van der Waals surface area contributed by atoms with Gasteiger partial charge in [-0.15, -0.1) is 0 Å². The number of methoxy groups -OCH3 is 1. The van der Waals surface area contributed by atoms with Crippen molar-refractivity contribution in [2.24, 2.45) is 11.0 Å². The highest BCUT2D eigenvalue weighted by molar-refractivity contribution is 7.92. The summed E-state index contributed by atoms with van der Waals surface area (Å²) >= 11 is 0. The molecule has 4 aromatic rings. The second-order valence-corrected chi connectivity index (χ2v) is 13.7. The number of hydrazone groups is 1. The maximum Gasteiger partial charge on any atom is 0.273 e. The van der Waals surface area contributed by atoms with Gasteiger partial charge in [0.1, 0.15) is 12.3 Å². The average Bonchev–Trinajstić information content (AvgIpc) is 3.60. The molecule has 1 amide bonds. The van der Waals surface area contributed by atoms with Crippen molar-refractivity contribution in [1.82, 2.24) is 5.43 Å². The Morgan fingerprint density at radius 1 is 1.06 bits per heavy atom. The van der Waals surface area contributed by atoms with Crippen LogP contribution in [-0.4, -0.2) is 38.6 Å². The predicted octanol–water partition coefficient (Wildman–Crippen LogP) is 6.47. The van der Waals surface area contributed by atoms with Crippen LogP contribution in [-0.2, 0) is 14.8 Å². The highest BCUT2D eigenvalue weighted by Gasteiger charge is 2.38. The third-order valence-electron chi connectivity index (χ3n) is 8.90. The zero-order chi connectivity index (χ0) is 34.0. The summed E-state index contributed by atoms with van der Waals surface area (Å²) < 4.78 is 33.8. The first kappa shape index (κ1) is 32.5. The molecule has 0 aromatic heterocycles. The number of rotatable bonds is 10. The molecule has 2 N–H and O–H groups in total. The topological polar surface area (TPSA) is 143 Å². The summed E-state index contributed by atoms with van der Waals surface area (Å²) in [6.07, 6.45) is 5.45. The van der Waals surface area contributed by atoms with Crippen LogP contribution in [0.25, 0.3) is 0 Å². The van der Waals surface area contributed by atoms with Crippen molar-refractivity contribution in [2.75, 3.05) is 23.3 Å². The van der Waals surface area contributed by atoms with Gasteiger partial charge in [-0.2, -0.15) is 5.10 Å². The van der Waals surface area contributed by atoms with E-state index in [1.54, 1.807) is 19.1 Å². The van der Waals surface area contributed by atoms with Crippen molar-refractivity contribution in [1.29, 1.82) is 0 Å². The largest absolute Gasteiger partial charge is 0.497 e. The standard InChI is InChI=1S/C36H35N5O6S/c1-23-12-18-29(21-34(23)41(43)44)48(45,46)40(27-14-16-28(47-3)17-15-27)22-35(42)39-38-24(2)26-13-19-33-32(20-26)30-10-7-11-31(30)36(37-33)25-8-5-4-6-9-25/h4-10,12-21,30-31,36-37H,11,22H2,1-3H3,(H,39,42)/b38-24+/t30-,31+,36+/m1/s1. The van der Waals surface area contributed by atoms with Crippen LogP contribution < -0.4 is 19.8 Å². The quantitative estimate of drug-likeness (QED) is 0.0855. The molecule has 6 rings (SSSR count). The minimum Gasteiger partial charge on any atom is -0.497 e. The van der Waals surface area contributed by atoms with Crippen molar-refractivity contribution in [2.45, 2.75) is 37.1 Å². The Morgan fingerprint density at radius 2 is 1.81 bits per heavy atom. The van der Waals surface area contributed by atoms with Gasteiger partial charge in [0.05, 0.1) is 34.4 Å². The number of anilines is 2. The normalized spacial score (nSPS) is 18.3. The highest BCUT2D eigenvalue weighted by Crippen LogP contribution is 2.50. The molecular formula is C36H35N5O6S. The Hall–Kier alpha value is -5.49. The number of benzene rings is 4. The minimum atomic E-state index is -4.41. The van der Waals surface area contributed by atoms with Crippen LogP contribution in [0.15, 0.2) is 113 Å². The van der Waals surface area contributed by atoms with E-state index in [9.17, 15) is 23.3 Å². The number of hydrogen-bond acceptors (Lipinski definition) is 8. The summed E-state index contributed by atoms with van der Waals surface area (Å²) in [7, 11) is -2.93. The molecule has 1 heterocycles. The SMILES string of the molecule is COc1ccc(N(CC(=O)N/N=C(\C)c2ccc3c(c2)[C@@H]2C=CC[C@@H]2[C@H](c2ccccc2)N3)S(=O)(=O)c2ccc(C)c([N+](=O)[O-])c2)cc1. The van der Waals surface area contributed by atoms with E-state index in [4.69, 9.17) is 4.74 Å². The molecule has 1 aliphatic heterocycles. The zero-order valence-electron chi connectivity index (χ0n) is 26.7. The van der Waals surface area contributed by atoms with Gasteiger partial charge in [0, 0.05) is 23.2 Å². The molecule has 0 radical (unpaired) electrons. The molecule has 0 bridgehead atoms. The molecule has 11 nitrogen and oxygen atoms in total. The first-order valence-electron chi connectivity index (χ1n) is 15.4. The van der Waals surface area contributed by atoms with Crippen LogP contribution in [0.3, 0.4) is 0 Å². The second kappa shape index (κ2) is 13.3. The number of ether oxygens (including phenoxy) is 1. The first-order valence-corrected chi connectivity index (χ1v) is 16.9. The van der Waals surface area contributed by atoms with Crippen LogP contribution in [0.1, 0.15) is 47.6 Å². The third-order valence-corrected chi connectivity index (χ3v) is 10.7. The Balaban J connectivity index is 1.24. The fraction of sp³-hybridized carbons (Fsp3) is 0.222. The van der Waals surface area contributed by atoms with Gasteiger partial charge in [0.2, 0.25) is 0 Å². The van der Waals surface area contributed by atoms with Gasteiger partial charge in [0.15, 0.2) is 0 Å². The van der Waals surface area contributed by atoms with E-state index in [-0.39, 0.29) is 28.2 Å². The Labute approximate surface area is 279 Å². The van der Waals surface area contributed by atoms with E-state index in [1.165, 1.54) is 43.9 Å². The monoisotopic (exact) mass is 665 g/mol. The number of hydrogen-bond donors (Lipinski definition) is 2. The number of sulfonamides is 1. The molecule has 0 saturated carbocycles. The second-order valence-electron chi connectivity index (χ2n) is 11.8. The van der Waals surface area contributed by atoms with E-state index in [1.807, 2.05) is 18.2 Å². The number of fused-ring (bicyclic) bond motifs is 3. The number of aryl methyl sites for hydroxylation is 1. The van der Waals surface area contributed by atoms with Gasteiger partial charge in [0.25, 0.3) is 21.6 Å². The summed E-state index contributed by atoms with van der Waals surface area (Å²) in [5.41, 5.74) is 7.46. The molecule has 4 aromatic carbocycles. The van der Waals surface area contributed by atoms with Crippen molar-refractivity contribution in [3.63, 3.8) is 0 Å². The molecule has 0 saturated heterocycles. The lowest BCUT2D eigenvalue weighted by atomic mass is 9.76. The molecule has 0 spiro atoms. The minimum absolute atomic E-state index is 0.171. The number of nitrogens with zero attached hydrogens (tertiary/aromatic N) is 3.